The number of aryl methyl sites for hydroxylation is 1. The van der Waals surface area contributed by atoms with Gasteiger partial charge in [-0.15, -0.1) is 0 Å². The van der Waals surface area contributed by atoms with Crippen molar-refractivity contribution in [2.45, 2.75) is 12.7 Å². The van der Waals surface area contributed by atoms with Crippen LogP contribution in [0.5, 0.6) is 5.75 Å². The van der Waals surface area contributed by atoms with Crippen LogP contribution in [-0.4, -0.2) is 13.9 Å². The van der Waals surface area contributed by atoms with Crippen molar-refractivity contribution in [1.82, 2.24) is 0 Å². The second-order valence-electron chi connectivity index (χ2n) is 2.58. The minimum Gasteiger partial charge on any atom is -0.772 e. The van der Waals surface area contributed by atoms with Crippen LogP contribution >= 0.6 is 0 Å². The summed E-state index contributed by atoms with van der Waals surface area (Å²) in [7, 11) is 0. The molecule has 1 N–H and O–H groups in total. The molecular weight excluding hydrogens is 176 g/mol. The molecule has 1 aromatic rings. The molecule has 66 valence electrons. The molecular formula is C8H9O3S-. The quantitative estimate of drug-likeness (QED) is 0.701. The minimum atomic E-state index is -2.15. The molecule has 12 heavy (non-hydrogen) atoms. The maximum Gasteiger partial charge on any atom is 0.119 e. The lowest BCUT2D eigenvalue weighted by Crippen LogP contribution is -1.94. The largest absolute Gasteiger partial charge is 0.772 e. The summed E-state index contributed by atoms with van der Waals surface area (Å²) in [4.78, 5) is 0. The van der Waals surface area contributed by atoms with Gasteiger partial charge in [-0.2, -0.15) is 0 Å². The highest BCUT2D eigenvalue weighted by atomic mass is 32.2. The van der Waals surface area contributed by atoms with E-state index < -0.39 is 11.1 Å². The fourth-order valence-corrected chi connectivity index (χ4v) is 1.44. The van der Waals surface area contributed by atoms with Crippen LogP contribution in [0.15, 0.2) is 18.2 Å². The van der Waals surface area contributed by atoms with Gasteiger partial charge < -0.3 is 9.66 Å². The molecule has 0 amide bonds. The maximum atomic E-state index is 10.3. The summed E-state index contributed by atoms with van der Waals surface area (Å²) >= 11 is -2.15. The maximum absolute atomic E-state index is 10.3. The molecule has 0 aromatic heterocycles. The van der Waals surface area contributed by atoms with Gasteiger partial charge in [-0.25, -0.2) is 0 Å². The summed E-state index contributed by atoms with van der Waals surface area (Å²) < 4.78 is 20.6. The van der Waals surface area contributed by atoms with Crippen molar-refractivity contribution in [1.29, 1.82) is 0 Å². The monoisotopic (exact) mass is 185 g/mol. The first-order valence-electron chi connectivity index (χ1n) is 3.44. The molecule has 0 bridgehead atoms. The number of hydrogen-bond acceptors (Lipinski definition) is 3. The van der Waals surface area contributed by atoms with Crippen LogP contribution in [0.2, 0.25) is 0 Å². The highest BCUT2D eigenvalue weighted by Gasteiger charge is 2.00. The van der Waals surface area contributed by atoms with Crippen LogP contribution in [0.4, 0.5) is 0 Å². The number of rotatable bonds is 2. The standard InChI is InChI=1S/C8H10O3S/c1-6-2-3-8(9)7(4-6)5-12(10)11/h2-4,9H,5H2,1H3,(H,10,11)/p-1. The Bertz CT molecular complexity index is 309. The van der Waals surface area contributed by atoms with Crippen molar-refractivity contribution < 1.29 is 13.9 Å². The van der Waals surface area contributed by atoms with Crippen molar-refractivity contribution in [2.75, 3.05) is 0 Å². The molecule has 1 atom stereocenters. The van der Waals surface area contributed by atoms with E-state index in [0.717, 1.165) is 5.56 Å². The summed E-state index contributed by atoms with van der Waals surface area (Å²) in [5.41, 5.74) is 1.39. The average Bonchev–Trinajstić information content (AvgIpc) is 1.96. The Balaban J connectivity index is 2.97. The SMILES string of the molecule is Cc1ccc(O)c(CS(=O)[O-])c1. The van der Waals surface area contributed by atoms with E-state index in [9.17, 15) is 13.9 Å². The molecule has 0 radical (unpaired) electrons. The van der Waals surface area contributed by atoms with Crippen molar-refractivity contribution >= 4 is 11.1 Å². The van der Waals surface area contributed by atoms with Crippen LogP contribution in [0, 0.1) is 6.92 Å². The molecule has 1 unspecified atom stereocenters. The van der Waals surface area contributed by atoms with E-state index in [4.69, 9.17) is 0 Å². The van der Waals surface area contributed by atoms with E-state index in [2.05, 4.69) is 0 Å². The van der Waals surface area contributed by atoms with Gasteiger partial charge in [0.2, 0.25) is 0 Å². The van der Waals surface area contributed by atoms with Crippen molar-refractivity contribution in [3.8, 4) is 5.75 Å². The van der Waals surface area contributed by atoms with Gasteiger partial charge in [0.25, 0.3) is 0 Å². The van der Waals surface area contributed by atoms with Crippen LogP contribution in [0.1, 0.15) is 11.1 Å². The zero-order valence-electron chi connectivity index (χ0n) is 6.61. The summed E-state index contributed by atoms with van der Waals surface area (Å²) in [5, 5.41) is 9.21. The molecule has 0 aliphatic heterocycles. The third-order valence-electron chi connectivity index (χ3n) is 1.51. The molecule has 0 fully saturated rings. The van der Waals surface area contributed by atoms with E-state index >= 15 is 0 Å². The molecule has 0 saturated carbocycles. The Morgan fingerprint density at radius 2 is 2.25 bits per heavy atom. The third kappa shape index (κ3) is 2.32. The van der Waals surface area contributed by atoms with Gasteiger partial charge in [0.15, 0.2) is 0 Å². The Labute approximate surface area is 73.3 Å². The first-order chi connectivity index (χ1) is 5.59. The first kappa shape index (κ1) is 9.22. The molecule has 1 rings (SSSR count). The molecule has 0 spiro atoms. The first-order valence-corrected chi connectivity index (χ1v) is 4.68. The molecule has 0 aliphatic carbocycles. The van der Waals surface area contributed by atoms with E-state index in [0.29, 0.717) is 5.56 Å². The van der Waals surface area contributed by atoms with E-state index in [1.807, 2.05) is 6.92 Å². The molecule has 4 heteroatoms. The second-order valence-corrected chi connectivity index (χ2v) is 3.48. The van der Waals surface area contributed by atoms with Gasteiger partial charge in [-0.05, 0) is 13.0 Å². The van der Waals surface area contributed by atoms with Crippen LogP contribution in [0.3, 0.4) is 0 Å². The highest BCUT2D eigenvalue weighted by molar-refractivity contribution is 7.78. The molecule has 3 nitrogen and oxygen atoms in total. The number of hydrogen-bond donors (Lipinski definition) is 1. The van der Waals surface area contributed by atoms with Gasteiger partial charge >= 0.3 is 0 Å². The average molecular weight is 185 g/mol. The predicted molar refractivity (Wildman–Crippen MR) is 45.5 cm³/mol. The van der Waals surface area contributed by atoms with Crippen LogP contribution in [-0.2, 0) is 16.8 Å². The number of phenols is 1. The minimum absolute atomic E-state index is 0.0322. The van der Waals surface area contributed by atoms with Crippen molar-refractivity contribution in [2.24, 2.45) is 0 Å². The number of aromatic hydroxyl groups is 1. The van der Waals surface area contributed by atoms with Gasteiger partial charge in [0, 0.05) is 11.3 Å². The zero-order chi connectivity index (χ0) is 9.14. The number of benzene rings is 1. The lowest BCUT2D eigenvalue weighted by atomic mass is 10.1. The molecule has 0 heterocycles. The Morgan fingerprint density at radius 1 is 1.58 bits per heavy atom. The fraction of sp³-hybridized carbons (Fsp3) is 0.250. The van der Waals surface area contributed by atoms with Crippen molar-refractivity contribution in [3.05, 3.63) is 29.3 Å². The summed E-state index contributed by atoms with van der Waals surface area (Å²) in [5.74, 6) is -0.0992. The van der Waals surface area contributed by atoms with Crippen LogP contribution in [0.25, 0.3) is 0 Å². The summed E-state index contributed by atoms with van der Waals surface area (Å²) in [6, 6.07) is 4.88. The van der Waals surface area contributed by atoms with E-state index in [1.165, 1.54) is 6.07 Å². The summed E-state index contributed by atoms with van der Waals surface area (Å²) in [6.45, 7) is 1.84. The van der Waals surface area contributed by atoms with Gasteiger partial charge in [0.05, 0.1) is 0 Å². The Hall–Kier alpha value is -0.870. The van der Waals surface area contributed by atoms with Crippen LogP contribution < -0.4 is 0 Å². The number of phenolic OH excluding ortho intramolecular Hbond substituents is 1. The predicted octanol–water partition coefficient (Wildman–Crippen LogP) is 1.08. The lowest BCUT2D eigenvalue weighted by molar-refractivity contribution is 0.468. The zero-order valence-corrected chi connectivity index (χ0v) is 7.43. The van der Waals surface area contributed by atoms with E-state index in [-0.39, 0.29) is 11.5 Å². The third-order valence-corrected chi connectivity index (χ3v) is 2.06. The second kappa shape index (κ2) is 3.69. The van der Waals surface area contributed by atoms with Gasteiger partial charge in [-0.3, -0.25) is 4.21 Å². The highest BCUT2D eigenvalue weighted by Crippen LogP contribution is 2.19. The van der Waals surface area contributed by atoms with E-state index in [1.54, 1.807) is 12.1 Å². The normalized spacial score (nSPS) is 12.8. The Kier molecular flexibility index (Phi) is 2.83. The van der Waals surface area contributed by atoms with Crippen molar-refractivity contribution in [3.63, 3.8) is 0 Å². The Morgan fingerprint density at radius 3 is 2.83 bits per heavy atom. The molecule has 0 saturated heterocycles. The lowest BCUT2D eigenvalue weighted by Gasteiger charge is -2.07. The topological polar surface area (TPSA) is 60.4 Å². The summed E-state index contributed by atoms with van der Waals surface area (Å²) in [6.07, 6.45) is 0. The molecule has 1 aromatic carbocycles. The smallest absolute Gasteiger partial charge is 0.119 e. The van der Waals surface area contributed by atoms with Gasteiger partial charge in [0.1, 0.15) is 5.75 Å². The fourth-order valence-electron chi connectivity index (χ4n) is 0.957. The van der Waals surface area contributed by atoms with Gasteiger partial charge in [-0.1, -0.05) is 28.8 Å². The molecule has 0 aliphatic rings.